The van der Waals surface area contributed by atoms with Crippen LogP contribution in [0.15, 0.2) is 18.2 Å². The fraction of sp³-hybridized carbons (Fsp3) is 0.312. The summed E-state index contributed by atoms with van der Waals surface area (Å²) in [5.74, 6) is 0.663. The number of nitrogens with zero attached hydrogens (tertiary/aromatic N) is 1. The number of fused-ring (bicyclic) bond motifs is 1. The molecule has 1 aliphatic heterocycles. The first kappa shape index (κ1) is 15.9. The molecule has 24 heavy (non-hydrogen) atoms. The number of nitrogens with one attached hydrogen (secondary N) is 2. The number of amides is 2. The number of nitrogens with two attached hydrogens (primary N) is 1. The molecule has 0 saturated heterocycles. The van der Waals surface area contributed by atoms with E-state index in [0.717, 1.165) is 16.8 Å². The van der Waals surface area contributed by atoms with Gasteiger partial charge in [-0.1, -0.05) is 6.07 Å². The lowest BCUT2D eigenvalue weighted by Gasteiger charge is -2.23. The molecule has 4 N–H and O–H groups in total. The number of carbonyl (C=O) groups is 2. The lowest BCUT2D eigenvalue weighted by Crippen LogP contribution is -2.23. The van der Waals surface area contributed by atoms with E-state index in [0.29, 0.717) is 23.7 Å². The van der Waals surface area contributed by atoms with Crippen molar-refractivity contribution in [2.75, 3.05) is 19.0 Å². The molecule has 0 fully saturated rings. The fourth-order valence-corrected chi connectivity index (χ4v) is 2.88. The summed E-state index contributed by atoms with van der Waals surface area (Å²) in [6, 6.07) is 5.35. The van der Waals surface area contributed by atoms with Crippen LogP contribution >= 0.6 is 0 Å². The summed E-state index contributed by atoms with van der Waals surface area (Å²) in [6.07, 6.45) is 0.317. The van der Waals surface area contributed by atoms with Crippen LogP contribution in [-0.4, -0.2) is 35.7 Å². The molecule has 1 unspecified atom stereocenters. The van der Waals surface area contributed by atoms with Gasteiger partial charge < -0.3 is 20.5 Å². The van der Waals surface area contributed by atoms with Crippen molar-refractivity contribution < 1.29 is 19.1 Å². The summed E-state index contributed by atoms with van der Waals surface area (Å²) in [5, 5.41) is 9.79. The van der Waals surface area contributed by atoms with E-state index in [4.69, 9.17) is 15.2 Å². The Morgan fingerprint density at radius 1 is 1.42 bits per heavy atom. The zero-order valence-corrected chi connectivity index (χ0v) is 13.4. The molecule has 0 aliphatic carbocycles. The predicted molar refractivity (Wildman–Crippen MR) is 86.1 cm³/mol. The van der Waals surface area contributed by atoms with Crippen LogP contribution in [0.4, 0.5) is 5.82 Å². The van der Waals surface area contributed by atoms with Crippen LogP contribution < -0.4 is 20.5 Å². The molecule has 0 radical (unpaired) electrons. The standard InChI is InChI=1S/C16H18N4O4/c1-8-15-10(6-14(22)18-16(15)20-19-8)9-3-4-11(12(5-9)23-2)24-7-13(17)21/h3-5,10H,6-7H2,1-2H3,(H2,17,21)(H2,18,19,20,22). The number of carbonyl (C=O) groups excluding carboxylic acids is 2. The molecule has 2 aromatic rings. The molecule has 1 aromatic heterocycles. The maximum Gasteiger partial charge on any atom is 0.255 e. The molecule has 3 rings (SSSR count). The molecule has 0 spiro atoms. The van der Waals surface area contributed by atoms with Gasteiger partial charge in [0.2, 0.25) is 5.91 Å². The summed E-state index contributed by atoms with van der Waals surface area (Å²) in [7, 11) is 1.51. The molecule has 0 bridgehead atoms. The van der Waals surface area contributed by atoms with Crippen LogP contribution in [0.1, 0.15) is 29.2 Å². The normalized spacial score (nSPS) is 16.2. The van der Waals surface area contributed by atoms with Gasteiger partial charge >= 0.3 is 0 Å². The van der Waals surface area contributed by atoms with Crippen LogP contribution in [0.3, 0.4) is 0 Å². The number of H-pyrrole nitrogens is 1. The number of ether oxygens (including phenoxy) is 2. The van der Waals surface area contributed by atoms with Gasteiger partial charge in [0.1, 0.15) is 0 Å². The highest BCUT2D eigenvalue weighted by atomic mass is 16.5. The third kappa shape index (κ3) is 2.90. The van der Waals surface area contributed by atoms with Crippen LogP contribution in [-0.2, 0) is 9.59 Å². The Balaban J connectivity index is 1.96. The van der Waals surface area contributed by atoms with E-state index >= 15 is 0 Å². The summed E-state index contributed by atoms with van der Waals surface area (Å²) >= 11 is 0. The molecule has 1 aliphatic rings. The van der Waals surface area contributed by atoms with Gasteiger partial charge in [0.25, 0.3) is 5.91 Å². The van der Waals surface area contributed by atoms with Crippen molar-refractivity contribution in [1.82, 2.24) is 10.2 Å². The van der Waals surface area contributed by atoms with Crippen molar-refractivity contribution in [1.29, 1.82) is 0 Å². The number of aryl methyl sites for hydroxylation is 1. The summed E-state index contributed by atoms with van der Waals surface area (Å²) in [6.45, 7) is 1.68. The number of methoxy groups -OCH3 is 1. The van der Waals surface area contributed by atoms with Gasteiger partial charge in [-0.2, -0.15) is 5.10 Å². The number of aromatic amines is 1. The van der Waals surface area contributed by atoms with Crippen LogP contribution in [0.25, 0.3) is 0 Å². The highest BCUT2D eigenvalue weighted by Gasteiger charge is 2.30. The van der Waals surface area contributed by atoms with Crippen LogP contribution in [0.5, 0.6) is 11.5 Å². The van der Waals surface area contributed by atoms with E-state index < -0.39 is 5.91 Å². The number of rotatable bonds is 5. The van der Waals surface area contributed by atoms with Gasteiger partial charge in [-0.3, -0.25) is 14.7 Å². The lowest BCUT2D eigenvalue weighted by atomic mass is 9.85. The van der Waals surface area contributed by atoms with Gasteiger partial charge in [0.15, 0.2) is 23.9 Å². The van der Waals surface area contributed by atoms with Crippen molar-refractivity contribution in [3.05, 3.63) is 35.0 Å². The molecule has 1 atom stereocenters. The van der Waals surface area contributed by atoms with Crippen LogP contribution in [0, 0.1) is 6.92 Å². The first-order valence-corrected chi connectivity index (χ1v) is 7.43. The second kappa shape index (κ2) is 6.23. The average molecular weight is 330 g/mol. The van der Waals surface area contributed by atoms with E-state index in [1.54, 1.807) is 12.1 Å². The van der Waals surface area contributed by atoms with Gasteiger partial charge in [-0.05, 0) is 24.6 Å². The van der Waals surface area contributed by atoms with E-state index in [2.05, 4.69) is 15.5 Å². The second-order valence-electron chi connectivity index (χ2n) is 5.58. The largest absolute Gasteiger partial charge is 0.493 e. The molecule has 126 valence electrons. The van der Waals surface area contributed by atoms with Crippen molar-refractivity contribution in [3.8, 4) is 11.5 Å². The van der Waals surface area contributed by atoms with Gasteiger partial charge in [-0.15, -0.1) is 0 Å². The quantitative estimate of drug-likeness (QED) is 0.757. The minimum atomic E-state index is -0.566. The minimum absolute atomic E-state index is 0.0907. The number of aromatic nitrogens is 2. The Morgan fingerprint density at radius 2 is 2.21 bits per heavy atom. The molecular weight excluding hydrogens is 312 g/mol. The highest BCUT2D eigenvalue weighted by Crippen LogP contribution is 2.40. The molecule has 2 amide bonds. The zero-order valence-electron chi connectivity index (χ0n) is 13.4. The third-order valence-electron chi connectivity index (χ3n) is 3.95. The lowest BCUT2D eigenvalue weighted by molar-refractivity contribution is -0.120. The minimum Gasteiger partial charge on any atom is -0.493 e. The zero-order chi connectivity index (χ0) is 17.3. The topological polar surface area (TPSA) is 119 Å². The number of anilines is 1. The average Bonchev–Trinajstić information content (AvgIpc) is 2.92. The predicted octanol–water partition coefficient (Wildman–Crippen LogP) is 1.06. The Morgan fingerprint density at radius 3 is 2.92 bits per heavy atom. The maximum atomic E-state index is 11.9. The van der Waals surface area contributed by atoms with Crippen molar-refractivity contribution >= 4 is 17.6 Å². The molecule has 8 heteroatoms. The first-order chi connectivity index (χ1) is 11.5. The molecular formula is C16H18N4O4. The summed E-state index contributed by atoms with van der Waals surface area (Å²) in [4.78, 5) is 22.8. The smallest absolute Gasteiger partial charge is 0.255 e. The van der Waals surface area contributed by atoms with E-state index in [-0.39, 0.29) is 18.4 Å². The van der Waals surface area contributed by atoms with Crippen molar-refractivity contribution in [2.24, 2.45) is 5.73 Å². The number of benzene rings is 1. The SMILES string of the molecule is COc1cc(C2CC(=O)Nc3n[nH]c(C)c32)ccc1OCC(N)=O. The second-order valence-corrected chi connectivity index (χ2v) is 5.58. The number of primary amides is 1. The van der Waals surface area contributed by atoms with E-state index in [1.807, 2.05) is 13.0 Å². The fourth-order valence-electron chi connectivity index (χ4n) is 2.88. The van der Waals surface area contributed by atoms with E-state index in [1.165, 1.54) is 7.11 Å². The molecule has 8 nitrogen and oxygen atoms in total. The van der Waals surface area contributed by atoms with Gasteiger partial charge in [0.05, 0.1) is 7.11 Å². The monoisotopic (exact) mass is 330 g/mol. The summed E-state index contributed by atoms with van der Waals surface area (Å²) < 4.78 is 10.7. The van der Waals surface area contributed by atoms with Crippen molar-refractivity contribution in [2.45, 2.75) is 19.3 Å². The molecule has 1 aromatic carbocycles. The maximum absolute atomic E-state index is 11.9. The Hall–Kier alpha value is -3.03. The van der Waals surface area contributed by atoms with Gasteiger partial charge in [-0.25, -0.2) is 0 Å². The number of hydrogen-bond donors (Lipinski definition) is 3. The Labute approximate surface area is 138 Å². The summed E-state index contributed by atoms with van der Waals surface area (Å²) in [5.41, 5.74) is 7.86. The molecule has 2 heterocycles. The van der Waals surface area contributed by atoms with Crippen molar-refractivity contribution in [3.63, 3.8) is 0 Å². The van der Waals surface area contributed by atoms with E-state index in [9.17, 15) is 9.59 Å². The first-order valence-electron chi connectivity index (χ1n) is 7.43. The van der Waals surface area contributed by atoms with Gasteiger partial charge in [0, 0.05) is 23.6 Å². The number of hydrogen-bond acceptors (Lipinski definition) is 5. The Kier molecular flexibility index (Phi) is 4.11. The van der Waals surface area contributed by atoms with Crippen LogP contribution in [0.2, 0.25) is 0 Å². The molecule has 0 saturated carbocycles. The Bertz CT molecular complexity index is 799. The highest BCUT2D eigenvalue weighted by molar-refractivity contribution is 5.94. The third-order valence-corrected chi connectivity index (χ3v) is 3.95.